The van der Waals surface area contributed by atoms with Crippen LogP contribution in [0.1, 0.15) is 19.0 Å². The second-order valence-electron chi connectivity index (χ2n) is 8.55. The van der Waals surface area contributed by atoms with E-state index in [-0.39, 0.29) is 5.54 Å². The first-order chi connectivity index (χ1) is 15.4. The van der Waals surface area contributed by atoms with Gasteiger partial charge >= 0.3 is 0 Å². The molecule has 4 heterocycles. The molecule has 8 heteroatoms. The first-order valence-electron chi connectivity index (χ1n) is 10.4. The summed E-state index contributed by atoms with van der Waals surface area (Å²) in [4.78, 5) is 15.8. The third-order valence-corrected chi connectivity index (χ3v) is 6.33. The van der Waals surface area contributed by atoms with Crippen molar-refractivity contribution in [3.8, 4) is 28.6 Å². The molecular formula is C24H22ClN7. The van der Waals surface area contributed by atoms with Crippen molar-refractivity contribution in [1.29, 1.82) is 5.26 Å². The highest BCUT2D eigenvalue weighted by Gasteiger charge is 2.33. The number of nitrogens with two attached hydrogens (primary N) is 1. The molecule has 1 fully saturated rings. The van der Waals surface area contributed by atoms with E-state index in [9.17, 15) is 5.26 Å². The van der Waals surface area contributed by atoms with E-state index in [1.54, 1.807) is 12.3 Å². The smallest absolute Gasteiger partial charge is 0.144 e. The lowest BCUT2D eigenvalue weighted by Crippen LogP contribution is -2.39. The van der Waals surface area contributed by atoms with E-state index in [0.717, 1.165) is 52.2 Å². The van der Waals surface area contributed by atoms with E-state index in [4.69, 9.17) is 22.3 Å². The van der Waals surface area contributed by atoms with Gasteiger partial charge in [0.05, 0.1) is 21.8 Å². The Hall–Kier alpha value is -3.47. The Morgan fingerprint density at radius 3 is 2.75 bits per heavy atom. The summed E-state index contributed by atoms with van der Waals surface area (Å²) in [6.07, 6.45) is 6.20. The van der Waals surface area contributed by atoms with Crippen LogP contribution in [0.25, 0.3) is 33.5 Å². The summed E-state index contributed by atoms with van der Waals surface area (Å²) in [6, 6.07) is 11.6. The van der Waals surface area contributed by atoms with Crippen LogP contribution in [-0.2, 0) is 7.05 Å². The third-order valence-electron chi connectivity index (χ3n) is 6.03. The minimum absolute atomic E-state index is 0.288. The van der Waals surface area contributed by atoms with Crippen LogP contribution in [0.2, 0.25) is 5.02 Å². The number of aryl methyl sites for hydroxylation is 1. The maximum atomic E-state index is 9.35. The number of pyridine rings is 2. The van der Waals surface area contributed by atoms with Crippen molar-refractivity contribution in [3.05, 3.63) is 59.6 Å². The maximum absolute atomic E-state index is 9.35. The summed E-state index contributed by atoms with van der Waals surface area (Å²) in [5, 5.41) is 9.96. The molecule has 4 aromatic rings. The van der Waals surface area contributed by atoms with Gasteiger partial charge in [-0.2, -0.15) is 5.26 Å². The Labute approximate surface area is 191 Å². The molecule has 1 atom stereocenters. The van der Waals surface area contributed by atoms with Gasteiger partial charge < -0.3 is 15.2 Å². The van der Waals surface area contributed by atoms with E-state index >= 15 is 0 Å². The quantitative estimate of drug-likeness (QED) is 0.511. The number of hydrogen-bond donors (Lipinski definition) is 1. The van der Waals surface area contributed by atoms with Gasteiger partial charge in [0.25, 0.3) is 0 Å². The van der Waals surface area contributed by atoms with Crippen LogP contribution in [0.4, 0.5) is 5.69 Å². The van der Waals surface area contributed by atoms with Gasteiger partial charge in [-0.3, -0.25) is 4.98 Å². The Balaban J connectivity index is 1.78. The van der Waals surface area contributed by atoms with E-state index < -0.39 is 0 Å². The number of rotatable bonds is 3. The van der Waals surface area contributed by atoms with E-state index in [1.165, 1.54) is 0 Å². The van der Waals surface area contributed by atoms with E-state index in [1.807, 2.05) is 48.3 Å². The molecule has 1 aliphatic heterocycles. The highest BCUT2D eigenvalue weighted by molar-refractivity contribution is 6.35. The molecule has 7 nitrogen and oxygen atoms in total. The lowest BCUT2D eigenvalue weighted by atomic mass is 10.0. The lowest BCUT2D eigenvalue weighted by molar-refractivity contribution is 0.525. The molecule has 160 valence electrons. The van der Waals surface area contributed by atoms with Gasteiger partial charge in [0.15, 0.2) is 0 Å². The monoisotopic (exact) mass is 443 g/mol. The summed E-state index contributed by atoms with van der Waals surface area (Å²) in [5.74, 6) is 0.776. The number of nitriles is 1. The normalized spacial score (nSPS) is 18.3. The molecule has 0 radical (unpaired) electrons. The van der Waals surface area contributed by atoms with Crippen molar-refractivity contribution in [2.24, 2.45) is 12.8 Å². The molecule has 1 aliphatic rings. The van der Waals surface area contributed by atoms with Crippen LogP contribution >= 0.6 is 11.6 Å². The summed E-state index contributed by atoms with van der Waals surface area (Å²) in [6.45, 7) is 3.60. The Morgan fingerprint density at radius 2 is 2.03 bits per heavy atom. The standard InChI is InChI=1S/C24H22ClN7/c1-24(27)7-9-32(14-24)22-17(15-6-8-29-16(10-15)11-26)12-28-13-18(22)23-30-21-19(25)4-3-5-20(21)31(23)2/h3-6,8,10,12-13H,7,9,14,27H2,1-2H3. The van der Waals surface area contributed by atoms with Crippen molar-refractivity contribution in [1.82, 2.24) is 19.5 Å². The SMILES string of the molecule is Cn1c(-c2cncc(-c3ccnc(C#N)c3)c2N2CCC(C)(N)C2)nc2c(Cl)cccc21. The molecule has 0 spiro atoms. The highest BCUT2D eigenvalue weighted by atomic mass is 35.5. The second-order valence-corrected chi connectivity index (χ2v) is 8.96. The average molecular weight is 444 g/mol. The van der Waals surface area contributed by atoms with Crippen LogP contribution in [0.3, 0.4) is 0 Å². The first-order valence-corrected chi connectivity index (χ1v) is 10.8. The number of halogens is 1. The number of fused-ring (bicyclic) bond motifs is 1. The minimum Gasteiger partial charge on any atom is -0.368 e. The number of aromatic nitrogens is 4. The van der Waals surface area contributed by atoms with Crippen molar-refractivity contribution in [2.45, 2.75) is 18.9 Å². The number of para-hydroxylation sites is 1. The van der Waals surface area contributed by atoms with Crippen LogP contribution < -0.4 is 10.6 Å². The van der Waals surface area contributed by atoms with Gasteiger partial charge in [-0.05, 0) is 43.2 Å². The summed E-state index contributed by atoms with van der Waals surface area (Å²) in [7, 11) is 1.98. The highest BCUT2D eigenvalue weighted by Crippen LogP contribution is 2.42. The molecule has 0 bridgehead atoms. The zero-order chi connectivity index (χ0) is 22.5. The van der Waals surface area contributed by atoms with E-state index in [2.05, 4.69) is 27.9 Å². The van der Waals surface area contributed by atoms with Gasteiger partial charge in [0.2, 0.25) is 0 Å². The summed E-state index contributed by atoms with van der Waals surface area (Å²) < 4.78 is 2.04. The minimum atomic E-state index is -0.288. The molecule has 1 saturated heterocycles. The largest absolute Gasteiger partial charge is 0.368 e. The topological polar surface area (TPSA) is 96.7 Å². The van der Waals surface area contributed by atoms with E-state index in [0.29, 0.717) is 17.3 Å². The summed E-state index contributed by atoms with van der Waals surface area (Å²) in [5.41, 5.74) is 11.9. The van der Waals surface area contributed by atoms with Crippen LogP contribution in [0.5, 0.6) is 0 Å². The Morgan fingerprint density at radius 1 is 1.22 bits per heavy atom. The van der Waals surface area contributed by atoms with Gasteiger partial charge in [-0.15, -0.1) is 0 Å². The molecule has 32 heavy (non-hydrogen) atoms. The van der Waals surface area contributed by atoms with Crippen molar-refractivity contribution < 1.29 is 0 Å². The van der Waals surface area contributed by atoms with Gasteiger partial charge in [0, 0.05) is 49.8 Å². The van der Waals surface area contributed by atoms with Gasteiger partial charge in [-0.1, -0.05) is 17.7 Å². The number of hydrogen-bond acceptors (Lipinski definition) is 6. The van der Waals surface area contributed by atoms with Crippen LogP contribution in [0, 0.1) is 11.3 Å². The van der Waals surface area contributed by atoms with Crippen LogP contribution in [-0.4, -0.2) is 38.1 Å². The number of imidazole rings is 1. The molecule has 0 amide bonds. The van der Waals surface area contributed by atoms with Gasteiger partial charge in [-0.25, -0.2) is 9.97 Å². The predicted octanol–water partition coefficient (Wildman–Crippen LogP) is 4.15. The number of benzene rings is 1. The number of nitrogens with zero attached hydrogens (tertiary/aromatic N) is 6. The fourth-order valence-corrected chi connectivity index (χ4v) is 4.64. The molecule has 3 aromatic heterocycles. The lowest BCUT2D eigenvalue weighted by Gasteiger charge is -2.26. The molecule has 2 N–H and O–H groups in total. The summed E-state index contributed by atoms with van der Waals surface area (Å²) >= 11 is 6.44. The van der Waals surface area contributed by atoms with Gasteiger partial charge in [0.1, 0.15) is 23.1 Å². The van der Waals surface area contributed by atoms with Crippen LogP contribution in [0.15, 0.2) is 48.9 Å². The molecule has 0 aliphatic carbocycles. The Kier molecular flexibility index (Phi) is 4.85. The Bertz CT molecular complexity index is 1380. The fourth-order valence-electron chi connectivity index (χ4n) is 4.43. The zero-order valence-electron chi connectivity index (χ0n) is 17.9. The first kappa shape index (κ1) is 20.4. The fraction of sp³-hybridized carbons (Fsp3) is 0.250. The van der Waals surface area contributed by atoms with Crippen molar-refractivity contribution >= 4 is 28.3 Å². The molecule has 0 saturated carbocycles. The van der Waals surface area contributed by atoms with Crippen molar-refractivity contribution in [3.63, 3.8) is 0 Å². The maximum Gasteiger partial charge on any atom is 0.144 e. The molecular weight excluding hydrogens is 422 g/mol. The molecule has 1 unspecified atom stereocenters. The third kappa shape index (κ3) is 3.38. The van der Waals surface area contributed by atoms with Crippen molar-refractivity contribution in [2.75, 3.05) is 18.0 Å². The second kappa shape index (κ2) is 7.59. The molecule has 1 aromatic carbocycles. The molecule has 5 rings (SSSR count). The number of anilines is 1. The predicted molar refractivity (Wildman–Crippen MR) is 126 cm³/mol. The zero-order valence-corrected chi connectivity index (χ0v) is 18.6. The average Bonchev–Trinajstić information content (AvgIpc) is 3.33.